The number of halogens is 1. The van der Waals surface area contributed by atoms with E-state index in [2.05, 4.69) is 10.3 Å². The van der Waals surface area contributed by atoms with Crippen molar-refractivity contribution in [3.8, 4) is 0 Å². The molecule has 25 heavy (non-hydrogen) atoms. The smallest absolute Gasteiger partial charge is 0.318 e. The topological polar surface area (TPSA) is 70.4 Å². The van der Waals surface area contributed by atoms with Crippen molar-refractivity contribution >= 4 is 6.03 Å². The van der Waals surface area contributed by atoms with Crippen molar-refractivity contribution in [2.45, 2.75) is 25.4 Å². The highest BCUT2D eigenvalue weighted by Gasteiger charge is 2.36. The molecule has 7 heteroatoms. The lowest BCUT2D eigenvalue weighted by molar-refractivity contribution is 0.169. The number of aliphatic hydroxyl groups is 1. The number of nitrogens with zero attached hydrogens (tertiary/aromatic N) is 3. The van der Waals surface area contributed by atoms with Gasteiger partial charge in [-0.05, 0) is 36.5 Å². The number of amides is 2. The SMILES string of the molecule is Cn1ccnc1[C@H](NC(=O)N(CCO)Cc1ccc(F)cc1)C1CC1. The number of urea groups is 1. The molecule has 0 spiro atoms. The van der Waals surface area contributed by atoms with Crippen molar-refractivity contribution in [2.75, 3.05) is 13.2 Å². The van der Waals surface area contributed by atoms with Gasteiger partial charge in [-0.3, -0.25) is 0 Å². The molecular weight excluding hydrogens is 323 g/mol. The average Bonchev–Trinajstić information content (AvgIpc) is 3.35. The van der Waals surface area contributed by atoms with E-state index < -0.39 is 0 Å². The maximum atomic E-state index is 13.1. The number of aromatic nitrogens is 2. The summed E-state index contributed by atoms with van der Waals surface area (Å²) in [4.78, 5) is 18.6. The van der Waals surface area contributed by atoms with Crippen LogP contribution in [0.15, 0.2) is 36.7 Å². The van der Waals surface area contributed by atoms with E-state index in [0.717, 1.165) is 24.2 Å². The minimum absolute atomic E-state index is 0.134. The minimum atomic E-state index is -0.314. The molecule has 1 aliphatic carbocycles. The summed E-state index contributed by atoms with van der Waals surface area (Å²) in [6, 6.07) is 5.63. The highest BCUT2D eigenvalue weighted by molar-refractivity contribution is 5.74. The zero-order valence-electron chi connectivity index (χ0n) is 14.2. The lowest BCUT2D eigenvalue weighted by atomic mass is 10.1. The fraction of sp³-hybridized carbons (Fsp3) is 0.444. The van der Waals surface area contributed by atoms with Crippen molar-refractivity contribution in [1.29, 1.82) is 0 Å². The van der Waals surface area contributed by atoms with Gasteiger partial charge in [-0.2, -0.15) is 0 Å². The highest BCUT2D eigenvalue weighted by atomic mass is 19.1. The number of imidazole rings is 1. The van der Waals surface area contributed by atoms with Gasteiger partial charge in [-0.1, -0.05) is 12.1 Å². The van der Waals surface area contributed by atoms with Crippen molar-refractivity contribution in [1.82, 2.24) is 19.8 Å². The van der Waals surface area contributed by atoms with Gasteiger partial charge in [0.25, 0.3) is 0 Å². The van der Waals surface area contributed by atoms with Gasteiger partial charge in [-0.25, -0.2) is 14.2 Å². The molecule has 1 atom stereocenters. The summed E-state index contributed by atoms with van der Waals surface area (Å²) in [7, 11) is 1.91. The van der Waals surface area contributed by atoms with E-state index in [0.29, 0.717) is 12.5 Å². The first-order chi connectivity index (χ1) is 12.1. The number of carbonyl (C=O) groups is 1. The molecule has 6 nitrogen and oxygen atoms in total. The van der Waals surface area contributed by atoms with E-state index in [-0.39, 0.29) is 31.0 Å². The Labute approximate surface area is 146 Å². The third-order valence-electron chi connectivity index (χ3n) is 4.45. The molecule has 0 unspecified atom stereocenters. The number of hydrogen-bond acceptors (Lipinski definition) is 3. The third kappa shape index (κ3) is 4.36. The van der Waals surface area contributed by atoms with Crippen LogP contribution >= 0.6 is 0 Å². The first-order valence-corrected chi connectivity index (χ1v) is 8.46. The van der Waals surface area contributed by atoms with Gasteiger partial charge < -0.3 is 19.9 Å². The summed E-state index contributed by atoms with van der Waals surface area (Å²) in [6.45, 7) is 0.386. The number of benzene rings is 1. The van der Waals surface area contributed by atoms with Crippen LogP contribution in [0.2, 0.25) is 0 Å². The molecule has 0 aliphatic heterocycles. The number of hydrogen-bond donors (Lipinski definition) is 2. The molecule has 1 fully saturated rings. The minimum Gasteiger partial charge on any atom is -0.395 e. The molecule has 1 heterocycles. The second-order valence-electron chi connectivity index (χ2n) is 6.43. The van der Waals surface area contributed by atoms with E-state index in [1.54, 1.807) is 18.3 Å². The number of aliphatic hydroxyl groups excluding tert-OH is 1. The zero-order valence-corrected chi connectivity index (χ0v) is 14.2. The van der Waals surface area contributed by atoms with Gasteiger partial charge >= 0.3 is 6.03 Å². The normalized spacial score (nSPS) is 15.0. The third-order valence-corrected chi connectivity index (χ3v) is 4.45. The molecule has 1 aliphatic rings. The number of aryl methyl sites for hydroxylation is 1. The summed E-state index contributed by atoms with van der Waals surface area (Å²) < 4.78 is 15.0. The van der Waals surface area contributed by atoms with Gasteiger partial charge in [0.1, 0.15) is 11.6 Å². The Kier molecular flexibility index (Phi) is 5.33. The van der Waals surface area contributed by atoms with Crippen molar-refractivity contribution in [3.63, 3.8) is 0 Å². The van der Waals surface area contributed by atoms with E-state index in [4.69, 9.17) is 0 Å². The largest absolute Gasteiger partial charge is 0.395 e. The summed E-state index contributed by atoms with van der Waals surface area (Å²) >= 11 is 0. The first kappa shape index (κ1) is 17.4. The predicted octanol–water partition coefficient (Wildman–Crippen LogP) is 2.21. The molecular formula is C18H23FN4O2. The predicted molar refractivity (Wildman–Crippen MR) is 91.1 cm³/mol. The van der Waals surface area contributed by atoms with Crippen LogP contribution in [0, 0.1) is 11.7 Å². The van der Waals surface area contributed by atoms with E-state index in [9.17, 15) is 14.3 Å². The average molecular weight is 346 g/mol. The van der Waals surface area contributed by atoms with Gasteiger partial charge in [0.15, 0.2) is 0 Å². The maximum absolute atomic E-state index is 13.1. The quantitative estimate of drug-likeness (QED) is 0.808. The Morgan fingerprint density at radius 1 is 1.44 bits per heavy atom. The standard InChI is InChI=1S/C18H23FN4O2/c1-22-9-8-20-17(22)16(14-4-5-14)21-18(25)23(10-11-24)12-13-2-6-15(19)7-3-13/h2-3,6-9,14,16,24H,4-5,10-12H2,1H3,(H,21,25)/t16-/m1/s1. The highest BCUT2D eigenvalue weighted by Crippen LogP contribution is 2.40. The maximum Gasteiger partial charge on any atom is 0.318 e. The van der Waals surface area contributed by atoms with Crippen LogP contribution < -0.4 is 5.32 Å². The second-order valence-corrected chi connectivity index (χ2v) is 6.43. The molecule has 1 saturated carbocycles. The van der Waals surface area contributed by atoms with Crippen molar-refractivity contribution in [3.05, 3.63) is 53.9 Å². The molecule has 0 bridgehead atoms. The molecule has 1 aromatic carbocycles. The zero-order chi connectivity index (χ0) is 17.8. The first-order valence-electron chi connectivity index (χ1n) is 8.46. The Morgan fingerprint density at radius 3 is 2.72 bits per heavy atom. The summed E-state index contributed by atoms with van der Waals surface area (Å²) in [5, 5.41) is 12.4. The summed E-state index contributed by atoms with van der Waals surface area (Å²) in [5.74, 6) is 0.916. The van der Waals surface area contributed by atoms with Crippen LogP contribution in [0.3, 0.4) is 0 Å². The number of carbonyl (C=O) groups excluding carboxylic acids is 1. The molecule has 2 aromatic rings. The van der Waals surface area contributed by atoms with Gasteiger partial charge in [0.05, 0.1) is 12.6 Å². The van der Waals surface area contributed by atoms with Crippen molar-refractivity contribution in [2.24, 2.45) is 13.0 Å². The van der Waals surface area contributed by atoms with E-state index in [1.807, 2.05) is 17.8 Å². The summed E-state index contributed by atoms with van der Waals surface area (Å²) in [6.07, 6.45) is 5.72. The second kappa shape index (κ2) is 7.65. The molecule has 3 rings (SSSR count). The molecule has 2 amide bonds. The lowest BCUT2D eigenvalue weighted by Crippen LogP contribution is -2.43. The number of rotatable bonds is 7. The van der Waals surface area contributed by atoms with Gasteiger partial charge in [-0.15, -0.1) is 0 Å². The monoisotopic (exact) mass is 346 g/mol. The fourth-order valence-electron chi connectivity index (χ4n) is 2.91. The molecule has 134 valence electrons. The summed E-state index contributed by atoms with van der Waals surface area (Å²) in [5.41, 5.74) is 0.810. The van der Waals surface area contributed by atoms with E-state index in [1.165, 1.54) is 17.0 Å². The van der Waals surface area contributed by atoms with Crippen LogP contribution in [-0.4, -0.2) is 38.7 Å². The van der Waals surface area contributed by atoms with Gasteiger partial charge in [0, 0.05) is 32.5 Å². The van der Waals surface area contributed by atoms with Crippen LogP contribution in [0.25, 0.3) is 0 Å². The Hall–Kier alpha value is -2.41. The lowest BCUT2D eigenvalue weighted by Gasteiger charge is -2.26. The van der Waals surface area contributed by atoms with Crippen molar-refractivity contribution < 1.29 is 14.3 Å². The number of nitrogens with one attached hydrogen (secondary N) is 1. The molecule has 2 N–H and O–H groups in total. The Balaban J connectivity index is 1.71. The molecule has 0 radical (unpaired) electrons. The fourth-order valence-corrected chi connectivity index (χ4v) is 2.91. The molecule has 1 aromatic heterocycles. The van der Waals surface area contributed by atoms with Gasteiger partial charge in [0.2, 0.25) is 0 Å². The van der Waals surface area contributed by atoms with Crippen LogP contribution in [-0.2, 0) is 13.6 Å². The van der Waals surface area contributed by atoms with Crippen LogP contribution in [0.1, 0.15) is 30.3 Å². The van der Waals surface area contributed by atoms with Crippen LogP contribution in [0.4, 0.5) is 9.18 Å². The Morgan fingerprint density at radius 2 is 2.16 bits per heavy atom. The Bertz CT molecular complexity index is 712. The van der Waals surface area contributed by atoms with E-state index >= 15 is 0 Å². The molecule has 0 saturated heterocycles. The van der Waals surface area contributed by atoms with Crippen LogP contribution in [0.5, 0.6) is 0 Å².